The molecule has 22 heavy (non-hydrogen) atoms. The van der Waals surface area contributed by atoms with Crippen LogP contribution >= 0.6 is 0 Å². The minimum absolute atomic E-state index is 0.0292. The second-order valence-corrected chi connectivity index (χ2v) is 4.70. The van der Waals surface area contributed by atoms with Gasteiger partial charge in [0.1, 0.15) is 0 Å². The predicted octanol–water partition coefficient (Wildman–Crippen LogP) is 3.09. The molecule has 0 aliphatic carbocycles. The Kier molecular flexibility index (Phi) is 4.63. The van der Waals surface area contributed by atoms with Crippen LogP contribution in [0.1, 0.15) is 21.6 Å². The first-order chi connectivity index (χ1) is 10.5. The van der Waals surface area contributed by atoms with Crippen molar-refractivity contribution < 1.29 is 9.72 Å². The maximum Gasteiger partial charge on any atom is 0.276 e. The molecule has 2 aromatic rings. The molecule has 0 aliphatic heterocycles. The Morgan fingerprint density at radius 2 is 2.05 bits per heavy atom. The van der Waals surface area contributed by atoms with Crippen LogP contribution in [0.5, 0.6) is 0 Å². The van der Waals surface area contributed by atoms with E-state index in [9.17, 15) is 14.9 Å². The number of ketones is 1. The third-order valence-corrected chi connectivity index (χ3v) is 3.05. The predicted molar refractivity (Wildman–Crippen MR) is 83.5 cm³/mol. The summed E-state index contributed by atoms with van der Waals surface area (Å²) in [4.78, 5) is 22.4. The van der Waals surface area contributed by atoms with Crippen molar-refractivity contribution in [3.8, 4) is 0 Å². The van der Waals surface area contributed by atoms with E-state index in [1.54, 1.807) is 61.3 Å². The second kappa shape index (κ2) is 6.62. The average molecular weight is 297 g/mol. The summed E-state index contributed by atoms with van der Waals surface area (Å²) in [6.07, 6.45) is 7.83. The first-order valence-electron chi connectivity index (χ1n) is 6.62. The van der Waals surface area contributed by atoms with Crippen molar-refractivity contribution in [2.45, 2.75) is 6.92 Å². The van der Waals surface area contributed by atoms with Gasteiger partial charge in [0.2, 0.25) is 0 Å². The lowest BCUT2D eigenvalue weighted by Gasteiger charge is -1.95. The maximum atomic E-state index is 12.0. The minimum atomic E-state index is -0.437. The molecule has 1 heterocycles. The molecule has 0 aliphatic rings. The number of carbonyl (C=O) groups is 1. The normalized spacial score (nSPS) is 11.4. The van der Waals surface area contributed by atoms with E-state index in [0.29, 0.717) is 16.8 Å². The zero-order valence-electron chi connectivity index (χ0n) is 12.3. The quantitative estimate of drug-likeness (QED) is 0.279. The topological polar surface area (TPSA) is 78.0 Å². The van der Waals surface area contributed by atoms with Crippen LogP contribution in [0.2, 0.25) is 0 Å². The molecule has 0 radical (unpaired) electrons. The first-order valence-corrected chi connectivity index (χ1v) is 6.62. The van der Waals surface area contributed by atoms with E-state index in [2.05, 4.69) is 5.10 Å². The number of nitrogens with zero attached hydrogens (tertiary/aromatic N) is 3. The zero-order valence-corrected chi connectivity index (χ0v) is 12.3. The van der Waals surface area contributed by atoms with E-state index >= 15 is 0 Å². The summed E-state index contributed by atoms with van der Waals surface area (Å²) in [5.74, 6) is -0.155. The van der Waals surface area contributed by atoms with Gasteiger partial charge < -0.3 is 0 Å². The van der Waals surface area contributed by atoms with Crippen molar-refractivity contribution in [2.75, 3.05) is 0 Å². The molecule has 1 aromatic heterocycles. The number of aromatic nitrogens is 2. The summed E-state index contributed by atoms with van der Waals surface area (Å²) >= 11 is 0. The molecule has 0 atom stereocenters. The van der Waals surface area contributed by atoms with Crippen molar-refractivity contribution in [3.63, 3.8) is 0 Å². The monoisotopic (exact) mass is 297 g/mol. The number of benzene rings is 1. The highest BCUT2D eigenvalue weighted by Crippen LogP contribution is 2.18. The molecule has 6 nitrogen and oxygen atoms in total. The Morgan fingerprint density at radius 3 is 2.68 bits per heavy atom. The fourth-order valence-electron chi connectivity index (χ4n) is 2.03. The molecule has 0 N–H and O–H groups in total. The molecular weight excluding hydrogens is 282 g/mol. The van der Waals surface area contributed by atoms with Crippen molar-refractivity contribution in [2.24, 2.45) is 7.05 Å². The van der Waals surface area contributed by atoms with Gasteiger partial charge in [-0.25, -0.2) is 0 Å². The average Bonchev–Trinajstić information content (AvgIpc) is 2.82. The number of hydrogen-bond acceptors (Lipinski definition) is 4. The van der Waals surface area contributed by atoms with Gasteiger partial charge in [0.15, 0.2) is 5.78 Å². The van der Waals surface area contributed by atoms with Gasteiger partial charge >= 0.3 is 0 Å². The van der Waals surface area contributed by atoms with Crippen LogP contribution in [0.4, 0.5) is 5.69 Å². The van der Waals surface area contributed by atoms with Gasteiger partial charge in [-0.15, -0.1) is 0 Å². The highest BCUT2D eigenvalue weighted by Gasteiger charge is 2.10. The zero-order chi connectivity index (χ0) is 16.1. The Balaban J connectivity index is 2.11. The van der Waals surface area contributed by atoms with Gasteiger partial charge in [-0.1, -0.05) is 24.3 Å². The van der Waals surface area contributed by atoms with Crippen LogP contribution in [0.15, 0.2) is 48.7 Å². The van der Waals surface area contributed by atoms with Crippen LogP contribution in [-0.2, 0) is 7.05 Å². The van der Waals surface area contributed by atoms with Gasteiger partial charge in [0, 0.05) is 19.3 Å². The molecule has 0 bridgehead atoms. The number of carbonyl (C=O) groups excluding carboxylic acids is 1. The molecule has 0 saturated carbocycles. The fraction of sp³-hybridized carbons (Fsp3) is 0.125. The first kappa shape index (κ1) is 15.4. The number of nitro benzene ring substituents is 1. The summed E-state index contributed by atoms with van der Waals surface area (Å²) < 4.78 is 1.58. The molecule has 2 rings (SSSR count). The molecule has 0 unspecified atom stereocenters. The van der Waals surface area contributed by atoms with Gasteiger partial charge in [-0.3, -0.25) is 19.6 Å². The second-order valence-electron chi connectivity index (χ2n) is 4.70. The Hall–Kier alpha value is -3.02. The fourth-order valence-corrected chi connectivity index (χ4v) is 2.03. The minimum Gasteiger partial charge on any atom is -0.289 e. The summed E-state index contributed by atoms with van der Waals surface area (Å²) in [7, 11) is 1.75. The molecule has 0 spiro atoms. The maximum absolute atomic E-state index is 12.0. The van der Waals surface area contributed by atoms with E-state index in [1.807, 2.05) is 0 Å². The summed E-state index contributed by atoms with van der Waals surface area (Å²) in [6, 6.07) is 6.42. The molecule has 6 heteroatoms. The Labute approximate surface area is 127 Å². The largest absolute Gasteiger partial charge is 0.289 e. The Morgan fingerprint density at radius 1 is 1.32 bits per heavy atom. The van der Waals surface area contributed by atoms with E-state index in [0.717, 1.165) is 0 Å². The number of aryl methyl sites for hydroxylation is 2. The van der Waals surface area contributed by atoms with E-state index in [1.165, 1.54) is 12.1 Å². The van der Waals surface area contributed by atoms with Crippen LogP contribution < -0.4 is 0 Å². The standard InChI is InChI=1S/C16H15N3O3/c1-12-14(11-18(2)17-12)16(20)10-6-4-8-13-7-3-5-9-15(13)19(21)22/h3-11H,1-2H3. The van der Waals surface area contributed by atoms with E-state index in [4.69, 9.17) is 0 Å². The number of hydrogen-bond donors (Lipinski definition) is 0. The SMILES string of the molecule is Cc1nn(C)cc1C(=O)C=CC=Cc1ccccc1[N+](=O)[O-]. The van der Waals surface area contributed by atoms with Crippen LogP contribution in [0.3, 0.4) is 0 Å². The Bertz CT molecular complexity index is 773. The van der Waals surface area contributed by atoms with Gasteiger partial charge in [0.05, 0.1) is 21.7 Å². The van der Waals surface area contributed by atoms with Crippen LogP contribution in [0.25, 0.3) is 6.08 Å². The van der Waals surface area contributed by atoms with Crippen molar-refractivity contribution in [1.82, 2.24) is 9.78 Å². The summed E-state index contributed by atoms with van der Waals surface area (Å²) in [5, 5.41) is 15.0. The van der Waals surface area contributed by atoms with Crippen LogP contribution in [-0.4, -0.2) is 20.5 Å². The molecule has 112 valence electrons. The van der Waals surface area contributed by atoms with Crippen molar-refractivity contribution in [1.29, 1.82) is 0 Å². The van der Waals surface area contributed by atoms with Gasteiger partial charge in [-0.2, -0.15) is 5.10 Å². The van der Waals surface area contributed by atoms with Crippen LogP contribution in [0, 0.1) is 17.0 Å². The smallest absolute Gasteiger partial charge is 0.276 e. The van der Waals surface area contributed by atoms with Crippen molar-refractivity contribution in [3.05, 3.63) is 75.6 Å². The number of para-hydroxylation sites is 1. The summed E-state index contributed by atoms with van der Waals surface area (Å²) in [5.41, 5.74) is 1.72. The third kappa shape index (κ3) is 3.54. The van der Waals surface area contributed by atoms with Gasteiger partial charge in [0.25, 0.3) is 5.69 Å². The third-order valence-electron chi connectivity index (χ3n) is 3.05. The van der Waals surface area contributed by atoms with Crippen molar-refractivity contribution >= 4 is 17.5 Å². The van der Waals surface area contributed by atoms with E-state index in [-0.39, 0.29) is 11.5 Å². The van der Waals surface area contributed by atoms with Gasteiger partial charge in [-0.05, 0) is 25.1 Å². The lowest BCUT2D eigenvalue weighted by atomic mass is 10.1. The number of nitro groups is 1. The summed E-state index contributed by atoms with van der Waals surface area (Å²) in [6.45, 7) is 1.77. The highest BCUT2D eigenvalue weighted by atomic mass is 16.6. The highest BCUT2D eigenvalue weighted by molar-refractivity contribution is 6.05. The number of allylic oxidation sites excluding steroid dienone is 3. The van der Waals surface area contributed by atoms with E-state index < -0.39 is 4.92 Å². The molecule has 0 saturated heterocycles. The lowest BCUT2D eigenvalue weighted by Crippen LogP contribution is -1.94. The molecule has 1 aromatic carbocycles. The molecule has 0 amide bonds. The molecular formula is C16H15N3O3. The molecule has 0 fully saturated rings. The lowest BCUT2D eigenvalue weighted by molar-refractivity contribution is -0.385. The number of rotatable bonds is 5.